The second-order valence-corrected chi connectivity index (χ2v) is 5.83. The Balaban J connectivity index is 1.72. The molecule has 1 aliphatic heterocycles. The first-order valence-electron chi connectivity index (χ1n) is 7.66. The van der Waals surface area contributed by atoms with Crippen LogP contribution >= 0.6 is 0 Å². The Morgan fingerprint density at radius 2 is 1.82 bits per heavy atom. The van der Waals surface area contributed by atoms with Gasteiger partial charge in [-0.05, 0) is 56.2 Å². The third kappa shape index (κ3) is 3.06. The average molecular weight is 295 g/mol. The molecule has 0 fully saturated rings. The van der Waals surface area contributed by atoms with E-state index in [2.05, 4.69) is 39.8 Å². The van der Waals surface area contributed by atoms with Crippen LogP contribution in [-0.2, 0) is 6.42 Å². The van der Waals surface area contributed by atoms with Gasteiger partial charge in [-0.3, -0.25) is 0 Å². The van der Waals surface area contributed by atoms with Crippen LogP contribution in [0.2, 0.25) is 0 Å². The van der Waals surface area contributed by atoms with Crippen molar-refractivity contribution in [1.82, 2.24) is 5.32 Å². The maximum Gasteiger partial charge on any atom is 0.319 e. The number of hydrogen-bond acceptors (Lipinski definition) is 2. The van der Waals surface area contributed by atoms with E-state index < -0.39 is 0 Å². The highest BCUT2D eigenvalue weighted by atomic mass is 16.2. The van der Waals surface area contributed by atoms with E-state index in [0.717, 1.165) is 24.3 Å². The van der Waals surface area contributed by atoms with Crippen LogP contribution in [0, 0.1) is 0 Å². The van der Waals surface area contributed by atoms with Gasteiger partial charge in [0.15, 0.2) is 0 Å². The summed E-state index contributed by atoms with van der Waals surface area (Å²) in [5.74, 6) is 0. The van der Waals surface area contributed by atoms with Gasteiger partial charge in [0, 0.05) is 29.6 Å². The number of carbonyl (C=O) groups excluding carboxylic acids is 1. The van der Waals surface area contributed by atoms with Crippen molar-refractivity contribution in [2.75, 3.05) is 16.8 Å². The first kappa shape index (κ1) is 14.4. The van der Waals surface area contributed by atoms with Crippen molar-refractivity contribution >= 4 is 23.1 Å². The van der Waals surface area contributed by atoms with Crippen LogP contribution in [0.3, 0.4) is 0 Å². The third-order valence-electron chi connectivity index (χ3n) is 3.74. The monoisotopic (exact) mass is 295 g/mol. The zero-order valence-corrected chi connectivity index (χ0v) is 13.0. The minimum atomic E-state index is -0.172. The van der Waals surface area contributed by atoms with Gasteiger partial charge in [0.2, 0.25) is 0 Å². The molecule has 3 rings (SSSR count). The van der Waals surface area contributed by atoms with Crippen molar-refractivity contribution in [3.8, 4) is 0 Å². The topological polar surface area (TPSA) is 44.4 Å². The number of carbonyl (C=O) groups is 1. The fourth-order valence-electron chi connectivity index (χ4n) is 2.76. The van der Waals surface area contributed by atoms with Gasteiger partial charge in [-0.25, -0.2) is 4.79 Å². The van der Waals surface area contributed by atoms with Crippen LogP contribution in [0.5, 0.6) is 0 Å². The Morgan fingerprint density at radius 1 is 1.09 bits per heavy atom. The van der Waals surface area contributed by atoms with Gasteiger partial charge >= 0.3 is 6.03 Å². The number of rotatable bonds is 3. The Hall–Kier alpha value is -2.49. The number of anilines is 3. The van der Waals surface area contributed by atoms with Gasteiger partial charge in [-0.1, -0.05) is 18.2 Å². The fraction of sp³-hybridized carbons (Fsp3) is 0.278. The van der Waals surface area contributed by atoms with Crippen molar-refractivity contribution < 1.29 is 4.79 Å². The molecule has 0 saturated carbocycles. The first-order valence-corrected chi connectivity index (χ1v) is 7.66. The molecule has 1 heterocycles. The van der Waals surface area contributed by atoms with Crippen LogP contribution in [0.25, 0.3) is 0 Å². The predicted octanol–water partition coefficient (Wildman–Crippen LogP) is 3.91. The lowest BCUT2D eigenvalue weighted by molar-refractivity contribution is 0.250. The molecular weight excluding hydrogens is 274 g/mol. The lowest BCUT2D eigenvalue weighted by atomic mass is 10.2. The van der Waals surface area contributed by atoms with Gasteiger partial charge in [-0.15, -0.1) is 0 Å². The molecule has 4 nitrogen and oxygen atoms in total. The highest BCUT2D eigenvalue weighted by Crippen LogP contribution is 2.34. The Morgan fingerprint density at radius 3 is 2.55 bits per heavy atom. The highest BCUT2D eigenvalue weighted by molar-refractivity contribution is 5.89. The first-order chi connectivity index (χ1) is 10.6. The zero-order valence-electron chi connectivity index (χ0n) is 13.0. The highest BCUT2D eigenvalue weighted by Gasteiger charge is 2.19. The summed E-state index contributed by atoms with van der Waals surface area (Å²) in [5, 5.41) is 5.66. The largest absolute Gasteiger partial charge is 0.341 e. The average Bonchev–Trinajstić information content (AvgIpc) is 2.91. The molecule has 0 atom stereocenters. The molecule has 0 spiro atoms. The van der Waals surface area contributed by atoms with Crippen molar-refractivity contribution in [3.05, 3.63) is 54.1 Å². The van der Waals surface area contributed by atoms with Crippen molar-refractivity contribution in [1.29, 1.82) is 0 Å². The van der Waals surface area contributed by atoms with Crippen LogP contribution in [0.4, 0.5) is 21.9 Å². The summed E-state index contributed by atoms with van der Waals surface area (Å²) in [6.07, 6.45) is 1.08. The molecule has 1 aliphatic rings. The normalized spacial score (nSPS) is 13.1. The maximum atomic E-state index is 11.7. The van der Waals surface area contributed by atoms with E-state index in [4.69, 9.17) is 0 Å². The van der Waals surface area contributed by atoms with Crippen molar-refractivity contribution in [2.24, 2.45) is 0 Å². The Bertz CT molecular complexity index is 664. The van der Waals surface area contributed by atoms with E-state index in [1.54, 1.807) is 0 Å². The SMILES string of the molecule is CC(C)NC(=O)Nc1ccc(N2CCc3ccccc32)cc1. The quantitative estimate of drug-likeness (QED) is 0.901. The molecule has 4 heteroatoms. The molecule has 0 unspecified atom stereocenters. The van der Waals surface area contributed by atoms with Crippen molar-refractivity contribution in [3.63, 3.8) is 0 Å². The summed E-state index contributed by atoms with van der Waals surface area (Å²) in [4.78, 5) is 14.0. The molecule has 22 heavy (non-hydrogen) atoms. The minimum absolute atomic E-state index is 0.125. The van der Waals surface area contributed by atoms with Gasteiger partial charge < -0.3 is 15.5 Å². The number of fused-ring (bicyclic) bond motifs is 1. The second-order valence-electron chi connectivity index (χ2n) is 5.83. The van der Waals surface area contributed by atoms with Gasteiger partial charge in [0.1, 0.15) is 0 Å². The lowest BCUT2D eigenvalue weighted by Gasteiger charge is -2.20. The molecule has 2 aromatic rings. The fourth-order valence-corrected chi connectivity index (χ4v) is 2.76. The lowest BCUT2D eigenvalue weighted by Crippen LogP contribution is -2.34. The zero-order chi connectivity index (χ0) is 15.5. The molecule has 0 aliphatic carbocycles. The number of nitrogens with one attached hydrogen (secondary N) is 2. The molecular formula is C18H21N3O. The molecule has 114 valence electrons. The van der Waals surface area contributed by atoms with Crippen molar-refractivity contribution in [2.45, 2.75) is 26.3 Å². The molecule has 0 bridgehead atoms. The standard InChI is InChI=1S/C18H21N3O/c1-13(2)19-18(22)20-15-7-9-16(10-8-15)21-12-11-14-5-3-4-6-17(14)21/h3-10,13H,11-12H2,1-2H3,(H2,19,20,22). The Labute approximate surface area is 131 Å². The smallest absolute Gasteiger partial charge is 0.319 e. The summed E-state index contributed by atoms with van der Waals surface area (Å²) >= 11 is 0. The van der Waals surface area contributed by atoms with Crippen LogP contribution in [0.15, 0.2) is 48.5 Å². The summed E-state index contributed by atoms with van der Waals surface area (Å²) < 4.78 is 0. The number of nitrogens with zero attached hydrogens (tertiary/aromatic N) is 1. The molecule has 2 amide bonds. The second kappa shape index (κ2) is 6.10. The van der Waals surface area contributed by atoms with Gasteiger partial charge in [0.05, 0.1) is 0 Å². The summed E-state index contributed by atoms with van der Waals surface area (Å²) in [5.41, 5.74) is 4.62. The van der Waals surface area contributed by atoms with Crippen LogP contribution < -0.4 is 15.5 Å². The minimum Gasteiger partial charge on any atom is -0.341 e. The molecule has 2 aromatic carbocycles. The van der Waals surface area contributed by atoms with E-state index in [0.29, 0.717) is 0 Å². The van der Waals surface area contributed by atoms with E-state index in [9.17, 15) is 4.79 Å². The number of para-hydroxylation sites is 1. The number of amides is 2. The van der Waals surface area contributed by atoms with Gasteiger partial charge in [-0.2, -0.15) is 0 Å². The molecule has 0 radical (unpaired) electrons. The number of benzene rings is 2. The van der Waals surface area contributed by atoms with E-state index in [-0.39, 0.29) is 12.1 Å². The summed E-state index contributed by atoms with van der Waals surface area (Å²) in [6.45, 7) is 4.88. The van der Waals surface area contributed by atoms with E-state index >= 15 is 0 Å². The van der Waals surface area contributed by atoms with E-state index in [1.807, 2.05) is 38.1 Å². The Kier molecular flexibility index (Phi) is 4.00. The molecule has 0 saturated heterocycles. The van der Waals surface area contributed by atoms with Gasteiger partial charge in [0.25, 0.3) is 0 Å². The molecule has 2 N–H and O–H groups in total. The van der Waals surface area contributed by atoms with E-state index in [1.165, 1.54) is 11.3 Å². The third-order valence-corrected chi connectivity index (χ3v) is 3.74. The van der Waals surface area contributed by atoms with Crippen LogP contribution in [0.1, 0.15) is 19.4 Å². The number of urea groups is 1. The maximum absolute atomic E-state index is 11.7. The summed E-state index contributed by atoms with van der Waals surface area (Å²) in [7, 11) is 0. The number of hydrogen-bond donors (Lipinski definition) is 2. The molecule has 0 aromatic heterocycles. The predicted molar refractivity (Wildman–Crippen MR) is 90.9 cm³/mol. The summed E-state index contributed by atoms with van der Waals surface area (Å²) in [6, 6.07) is 16.4. The van der Waals surface area contributed by atoms with Crippen LogP contribution in [-0.4, -0.2) is 18.6 Å².